The third-order valence-corrected chi connectivity index (χ3v) is 4.01. The van der Waals surface area contributed by atoms with Crippen molar-refractivity contribution in [2.45, 2.75) is 20.0 Å². The van der Waals surface area contributed by atoms with E-state index in [0.29, 0.717) is 12.5 Å². The first-order valence-electron chi connectivity index (χ1n) is 7.37. The quantitative estimate of drug-likeness (QED) is 0.714. The average Bonchev–Trinajstić information content (AvgIpc) is 3.00. The van der Waals surface area contributed by atoms with Crippen LogP contribution < -0.4 is 10.1 Å². The van der Waals surface area contributed by atoms with Gasteiger partial charge in [0.05, 0.1) is 12.9 Å². The number of benzene rings is 1. The second-order valence-electron chi connectivity index (χ2n) is 5.32. The van der Waals surface area contributed by atoms with Crippen LogP contribution >= 0.6 is 15.9 Å². The first kappa shape index (κ1) is 17.0. The summed E-state index contributed by atoms with van der Waals surface area (Å²) in [5.41, 5.74) is 1.19. The van der Waals surface area contributed by atoms with Gasteiger partial charge in [-0.25, -0.2) is 4.98 Å². The number of halogens is 1. The first-order chi connectivity index (χ1) is 10.7. The molecule has 1 aromatic carbocycles. The normalized spacial score (nSPS) is 12.3. The monoisotopic (exact) mass is 367 g/mol. The summed E-state index contributed by atoms with van der Waals surface area (Å²) < 4.78 is 8.49. The van der Waals surface area contributed by atoms with Crippen LogP contribution in [0.1, 0.15) is 12.5 Å². The number of aliphatic hydroxyl groups is 1. The summed E-state index contributed by atoms with van der Waals surface area (Å²) in [6.45, 7) is 5.25. The molecule has 6 heteroatoms. The first-order valence-corrected chi connectivity index (χ1v) is 8.17. The largest absolute Gasteiger partial charge is 0.491 e. The van der Waals surface area contributed by atoms with Crippen LogP contribution in [0.4, 0.5) is 0 Å². The van der Waals surface area contributed by atoms with Crippen molar-refractivity contribution in [3.63, 3.8) is 0 Å². The fourth-order valence-corrected chi connectivity index (χ4v) is 2.70. The van der Waals surface area contributed by atoms with Crippen molar-refractivity contribution in [3.05, 3.63) is 47.0 Å². The molecule has 2 rings (SSSR count). The van der Waals surface area contributed by atoms with Gasteiger partial charge in [0.15, 0.2) is 0 Å². The van der Waals surface area contributed by atoms with Crippen LogP contribution in [0.2, 0.25) is 0 Å². The Morgan fingerprint density at radius 1 is 1.45 bits per heavy atom. The number of rotatable bonds is 9. The predicted molar refractivity (Wildman–Crippen MR) is 89.8 cm³/mol. The SMILES string of the molecule is CC(CNCc1ccc(OCCO)cc1Br)Cn1ccnc1. The molecule has 22 heavy (non-hydrogen) atoms. The molecule has 0 bridgehead atoms. The van der Waals surface area contributed by atoms with Crippen molar-refractivity contribution in [1.29, 1.82) is 0 Å². The summed E-state index contributed by atoms with van der Waals surface area (Å²) in [5, 5.41) is 12.2. The number of aliphatic hydroxyl groups excluding tert-OH is 1. The highest BCUT2D eigenvalue weighted by Gasteiger charge is 2.05. The van der Waals surface area contributed by atoms with E-state index >= 15 is 0 Å². The van der Waals surface area contributed by atoms with Gasteiger partial charge in [0.2, 0.25) is 0 Å². The summed E-state index contributed by atoms with van der Waals surface area (Å²) in [5.74, 6) is 1.29. The predicted octanol–water partition coefficient (Wildman–Crippen LogP) is 2.44. The van der Waals surface area contributed by atoms with E-state index in [4.69, 9.17) is 9.84 Å². The summed E-state index contributed by atoms with van der Waals surface area (Å²) in [6.07, 6.45) is 5.63. The molecule has 0 spiro atoms. The number of aromatic nitrogens is 2. The molecule has 0 saturated heterocycles. The number of nitrogens with zero attached hydrogens (tertiary/aromatic N) is 2. The van der Waals surface area contributed by atoms with Gasteiger partial charge in [0.25, 0.3) is 0 Å². The molecule has 0 fully saturated rings. The molecule has 1 unspecified atom stereocenters. The van der Waals surface area contributed by atoms with Gasteiger partial charge >= 0.3 is 0 Å². The summed E-state index contributed by atoms with van der Waals surface area (Å²) in [7, 11) is 0. The van der Waals surface area contributed by atoms with Crippen molar-refractivity contribution in [1.82, 2.24) is 14.9 Å². The van der Waals surface area contributed by atoms with E-state index in [2.05, 4.69) is 37.7 Å². The second-order valence-corrected chi connectivity index (χ2v) is 6.18. The molecule has 2 aromatic rings. The lowest BCUT2D eigenvalue weighted by Gasteiger charge is -2.14. The van der Waals surface area contributed by atoms with Gasteiger partial charge in [0, 0.05) is 30.0 Å². The lowest BCUT2D eigenvalue weighted by atomic mass is 10.1. The summed E-state index contributed by atoms with van der Waals surface area (Å²) >= 11 is 3.56. The Labute approximate surface area is 139 Å². The van der Waals surface area contributed by atoms with Gasteiger partial charge in [-0.2, -0.15) is 0 Å². The zero-order valence-corrected chi connectivity index (χ0v) is 14.3. The topological polar surface area (TPSA) is 59.3 Å². The van der Waals surface area contributed by atoms with E-state index in [1.165, 1.54) is 5.56 Å². The van der Waals surface area contributed by atoms with Crippen LogP contribution in [0.5, 0.6) is 5.75 Å². The standard InChI is InChI=1S/C16H22BrN3O2/c1-13(11-20-5-4-18-12-20)9-19-10-14-2-3-15(8-16(14)17)22-7-6-21/h2-5,8,12-13,19,21H,6-7,9-11H2,1H3. The highest BCUT2D eigenvalue weighted by Crippen LogP contribution is 2.23. The Balaban J connectivity index is 1.76. The average molecular weight is 368 g/mol. The number of hydrogen-bond acceptors (Lipinski definition) is 4. The second kappa shape index (κ2) is 8.92. The molecule has 0 aliphatic carbocycles. The van der Waals surface area contributed by atoms with E-state index in [0.717, 1.165) is 29.9 Å². The van der Waals surface area contributed by atoms with Gasteiger partial charge < -0.3 is 19.7 Å². The van der Waals surface area contributed by atoms with Crippen LogP contribution in [0.15, 0.2) is 41.4 Å². The fourth-order valence-electron chi connectivity index (χ4n) is 2.20. The number of imidazole rings is 1. The van der Waals surface area contributed by atoms with Crippen LogP contribution in [0.25, 0.3) is 0 Å². The maximum atomic E-state index is 8.76. The third-order valence-electron chi connectivity index (χ3n) is 3.27. The lowest BCUT2D eigenvalue weighted by Crippen LogP contribution is -2.23. The van der Waals surface area contributed by atoms with E-state index in [-0.39, 0.29) is 6.61 Å². The highest BCUT2D eigenvalue weighted by molar-refractivity contribution is 9.10. The van der Waals surface area contributed by atoms with E-state index in [1.54, 1.807) is 6.20 Å². The van der Waals surface area contributed by atoms with Crippen LogP contribution in [0.3, 0.4) is 0 Å². The molecule has 0 amide bonds. The van der Waals surface area contributed by atoms with Crippen molar-refractivity contribution in [2.24, 2.45) is 5.92 Å². The fraction of sp³-hybridized carbons (Fsp3) is 0.438. The zero-order chi connectivity index (χ0) is 15.8. The van der Waals surface area contributed by atoms with Gasteiger partial charge in [-0.1, -0.05) is 28.9 Å². The minimum atomic E-state index is 0.0235. The van der Waals surface area contributed by atoms with Gasteiger partial charge in [-0.3, -0.25) is 0 Å². The molecule has 0 radical (unpaired) electrons. The number of ether oxygens (including phenoxy) is 1. The number of nitrogens with one attached hydrogen (secondary N) is 1. The molecule has 2 N–H and O–H groups in total. The smallest absolute Gasteiger partial charge is 0.120 e. The maximum Gasteiger partial charge on any atom is 0.120 e. The van der Waals surface area contributed by atoms with E-state index < -0.39 is 0 Å². The molecule has 0 aliphatic heterocycles. The molecule has 5 nitrogen and oxygen atoms in total. The molecule has 1 atom stereocenters. The van der Waals surface area contributed by atoms with Crippen LogP contribution in [-0.4, -0.2) is 34.4 Å². The molecule has 0 aliphatic rings. The minimum Gasteiger partial charge on any atom is -0.491 e. The van der Waals surface area contributed by atoms with E-state index in [9.17, 15) is 0 Å². The minimum absolute atomic E-state index is 0.0235. The Kier molecular flexibility index (Phi) is 6.89. The Morgan fingerprint density at radius 2 is 2.32 bits per heavy atom. The molecular formula is C16H22BrN3O2. The van der Waals surface area contributed by atoms with Crippen molar-refractivity contribution in [3.8, 4) is 5.75 Å². The van der Waals surface area contributed by atoms with Gasteiger partial charge in [-0.15, -0.1) is 0 Å². The van der Waals surface area contributed by atoms with Gasteiger partial charge in [0.1, 0.15) is 12.4 Å². The van der Waals surface area contributed by atoms with Crippen molar-refractivity contribution >= 4 is 15.9 Å². The molecule has 1 heterocycles. The number of hydrogen-bond donors (Lipinski definition) is 2. The Morgan fingerprint density at radius 3 is 3.00 bits per heavy atom. The highest BCUT2D eigenvalue weighted by atomic mass is 79.9. The molecule has 0 saturated carbocycles. The van der Waals surface area contributed by atoms with Crippen LogP contribution in [-0.2, 0) is 13.1 Å². The van der Waals surface area contributed by atoms with Crippen molar-refractivity contribution in [2.75, 3.05) is 19.8 Å². The maximum absolute atomic E-state index is 8.76. The Hall–Kier alpha value is -1.37. The third kappa shape index (κ3) is 5.44. The zero-order valence-electron chi connectivity index (χ0n) is 12.7. The molecule has 1 aromatic heterocycles. The molecular weight excluding hydrogens is 346 g/mol. The van der Waals surface area contributed by atoms with Crippen LogP contribution in [0, 0.1) is 5.92 Å². The van der Waals surface area contributed by atoms with Gasteiger partial charge in [-0.05, 0) is 30.2 Å². The van der Waals surface area contributed by atoms with E-state index in [1.807, 2.05) is 30.7 Å². The Bertz CT molecular complexity index is 561. The summed E-state index contributed by atoms with van der Waals surface area (Å²) in [6, 6.07) is 5.89. The lowest BCUT2D eigenvalue weighted by molar-refractivity contribution is 0.201. The molecule has 120 valence electrons. The summed E-state index contributed by atoms with van der Waals surface area (Å²) in [4.78, 5) is 4.05. The van der Waals surface area contributed by atoms with Crippen molar-refractivity contribution < 1.29 is 9.84 Å².